The molecular formula is C22H22ClNO4S. The molecule has 2 aromatic rings. The molecule has 7 heteroatoms. The van der Waals surface area contributed by atoms with Gasteiger partial charge in [-0.25, -0.2) is 0 Å². The quantitative estimate of drug-likeness (QED) is 0.447. The molecular weight excluding hydrogens is 410 g/mol. The third-order valence-electron chi connectivity index (χ3n) is 5.40. The van der Waals surface area contributed by atoms with E-state index < -0.39 is 29.0 Å². The number of halogens is 1. The minimum atomic E-state index is -1.32. The van der Waals surface area contributed by atoms with Gasteiger partial charge in [-0.2, -0.15) is 0 Å². The summed E-state index contributed by atoms with van der Waals surface area (Å²) in [5.41, 5.74) is 1.70. The Morgan fingerprint density at radius 2 is 1.72 bits per heavy atom. The molecule has 29 heavy (non-hydrogen) atoms. The van der Waals surface area contributed by atoms with Gasteiger partial charge in [0.1, 0.15) is 0 Å². The van der Waals surface area contributed by atoms with Crippen LogP contribution in [0.2, 0.25) is 0 Å². The fourth-order valence-electron chi connectivity index (χ4n) is 3.81. The highest BCUT2D eigenvalue weighted by Crippen LogP contribution is 2.46. The van der Waals surface area contributed by atoms with Crippen LogP contribution < -0.4 is 0 Å². The molecule has 0 saturated carbocycles. The Kier molecular flexibility index (Phi) is 5.60. The van der Waals surface area contributed by atoms with Crippen LogP contribution in [-0.4, -0.2) is 50.5 Å². The summed E-state index contributed by atoms with van der Waals surface area (Å²) in [4.78, 5) is 25.7. The number of benzene rings is 2. The lowest BCUT2D eigenvalue weighted by Crippen LogP contribution is -2.69. The van der Waals surface area contributed by atoms with Gasteiger partial charge in [0.15, 0.2) is 11.0 Å². The number of alkyl halides is 1. The fraction of sp³-hybridized carbons (Fsp3) is 0.364. The maximum Gasteiger partial charge on any atom is 0.330 e. The molecule has 2 fully saturated rings. The maximum absolute atomic E-state index is 13.1. The molecule has 2 saturated heterocycles. The van der Waals surface area contributed by atoms with E-state index >= 15 is 0 Å². The van der Waals surface area contributed by atoms with Crippen LogP contribution >= 0.6 is 23.4 Å². The Balaban J connectivity index is 1.53. The normalized spacial score (nSPS) is 27.2. The number of nitrogens with zero attached hydrogens (tertiary/aromatic N) is 1. The number of aliphatic hydroxyl groups is 1. The summed E-state index contributed by atoms with van der Waals surface area (Å²) >= 11 is 8.10. The van der Waals surface area contributed by atoms with Gasteiger partial charge in [0.05, 0.1) is 23.9 Å². The van der Waals surface area contributed by atoms with E-state index in [-0.39, 0.29) is 17.8 Å². The van der Waals surface area contributed by atoms with Gasteiger partial charge in [-0.3, -0.25) is 9.59 Å². The molecule has 3 unspecified atom stereocenters. The first kappa shape index (κ1) is 20.3. The first-order valence-corrected chi connectivity index (χ1v) is 10.9. The number of hydrogen-bond acceptors (Lipinski definition) is 5. The first-order valence-electron chi connectivity index (χ1n) is 9.51. The topological polar surface area (TPSA) is 66.8 Å². The van der Waals surface area contributed by atoms with Crippen LogP contribution in [0.25, 0.3) is 0 Å². The van der Waals surface area contributed by atoms with Gasteiger partial charge in [-0.1, -0.05) is 60.7 Å². The lowest BCUT2D eigenvalue weighted by atomic mass is 9.91. The monoisotopic (exact) mass is 431 g/mol. The zero-order chi connectivity index (χ0) is 20.6. The van der Waals surface area contributed by atoms with Crippen molar-refractivity contribution in [2.24, 2.45) is 5.92 Å². The van der Waals surface area contributed by atoms with Gasteiger partial charge in [-0.05, 0) is 18.1 Å². The zero-order valence-electron chi connectivity index (χ0n) is 15.9. The van der Waals surface area contributed by atoms with Gasteiger partial charge >= 0.3 is 5.97 Å². The molecule has 4 rings (SSSR count). The smallest absolute Gasteiger partial charge is 0.330 e. The van der Waals surface area contributed by atoms with Crippen LogP contribution in [0.3, 0.4) is 0 Å². The predicted molar refractivity (Wildman–Crippen MR) is 113 cm³/mol. The molecule has 4 atom stereocenters. The van der Waals surface area contributed by atoms with Crippen LogP contribution in [0.15, 0.2) is 60.7 Å². The van der Waals surface area contributed by atoms with Crippen molar-refractivity contribution in [3.63, 3.8) is 0 Å². The van der Waals surface area contributed by atoms with Crippen molar-refractivity contribution in [1.29, 1.82) is 0 Å². The van der Waals surface area contributed by atoms with E-state index in [1.54, 1.807) is 11.8 Å². The van der Waals surface area contributed by atoms with Crippen molar-refractivity contribution < 1.29 is 19.4 Å². The Hall–Kier alpha value is -2.02. The van der Waals surface area contributed by atoms with Crippen molar-refractivity contribution in [2.75, 3.05) is 12.3 Å². The van der Waals surface area contributed by atoms with E-state index in [9.17, 15) is 14.7 Å². The predicted octanol–water partition coefficient (Wildman–Crippen LogP) is 3.21. The van der Waals surface area contributed by atoms with Crippen LogP contribution in [-0.2, 0) is 14.3 Å². The molecule has 2 aromatic carbocycles. The third kappa shape index (κ3) is 3.77. The van der Waals surface area contributed by atoms with Crippen LogP contribution in [0.4, 0.5) is 0 Å². The Morgan fingerprint density at radius 3 is 2.24 bits per heavy atom. The first-order chi connectivity index (χ1) is 13.9. The van der Waals surface area contributed by atoms with Gasteiger partial charge < -0.3 is 14.7 Å². The van der Waals surface area contributed by atoms with Gasteiger partial charge in [0.2, 0.25) is 5.91 Å². The van der Waals surface area contributed by atoms with E-state index in [2.05, 4.69) is 0 Å². The zero-order valence-corrected chi connectivity index (χ0v) is 17.5. The van der Waals surface area contributed by atoms with Crippen molar-refractivity contribution >= 4 is 35.2 Å². The third-order valence-corrected chi connectivity index (χ3v) is 7.52. The summed E-state index contributed by atoms with van der Waals surface area (Å²) in [6.45, 7) is 1.70. The number of thioether (sulfide) groups is 1. The summed E-state index contributed by atoms with van der Waals surface area (Å²) < 4.78 is 5.91. The molecule has 1 N–H and O–H groups in total. The molecule has 0 aliphatic carbocycles. The van der Waals surface area contributed by atoms with Crippen LogP contribution in [0.1, 0.15) is 24.2 Å². The van der Waals surface area contributed by atoms with Crippen molar-refractivity contribution in [3.05, 3.63) is 71.8 Å². The Bertz CT molecular complexity index is 855. The molecule has 2 aliphatic heterocycles. The molecule has 0 radical (unpaired) electrons. The number of carbonyl (C=O) groups excluding carboxylic acids is 2. The van der Waals surface area contributed by atoms with E-state index in [1.165, 1.54) is 11.8 Å². The molecule has 152 valence electrons. The largest absolute Gasteiger partial charge is 0.451 e. The number of ether oxygens (including phenoxy) is 1. The average molecular weight is 432 g/mol. The molecule has 1 amide bonds. The fourth-order valence-corrected chi connectivity index (χ4v) is 5.73. The molecule has 2 heterocycles. The van der Waals surface area contributed by atoms with Crippen molar-refractivity contribution in [1.82, 2.24) is 4.90 Å². The van der Waals surface area contributed by atoms with Crippen molar-refractivity contribution in [3.8, 4) is 0 Å². The number of esters is 1. The molecule has 5 nitrogen and oxygen atoms in total. The number of fused-ring (bicyclic) bond motifs is 1. The minimum absolute atomic E-state index is 0.0867. The van der Waals surface area contributed by atoms with Crippen LogP contribution in [0.5, 0.6) is 0 Å². The van der Waals surface area contributed by atoms with E-state index in [0.29, 0.717) is 5.75 Å². The second-order valence-electron chi connectivity index (χ2n) is 7.51. The Labute approximate surface area is 179 Å². The lowest BCUT2D eigenvalue weighted by Gasteiger charge is -2.53. The van der Waals surface area contributed by atoms with E-state index in [0.717, 1.165) is 11.1 Å². The average Bonchev–Trinajstić information content (AvgIpc) is 2.73. The summed E-state index contributed by atoms with van der Waals surface area (Å²) in [5, 5.41) is 9.67. The van der Waals surface area contributed by atoms with E-state index in [1.807, 2.05) is 60.7 Å². The molecule has 0 spiro atoms. The summed E-state index contributed by atoms with van der Waals surface area (Å²) in [7, 11) is 0. The number of rotatable bonds is 5. The second-order valence-corrected chi connectivity index (χ2v) is 9.33. The highest BCUT2D eigenvalue weighted by atomic mass is 35.5. The number of carbonyl (C=O) groups is 2. The highest BCUT2D eigenvalue weighted by molar-refractivity contribution is 8.00. The lowest BCUT2D eigenvalue weighted by molar-refractivity contribution is -0.161. The molecule has 2 aliphatic rings. The summed E-state index contributed by atoms with van der Waals surface area (Å²) in [6.07, 6.45) is -1.30. The SMILES string of the molecule is CC(O)C1C(=O)N2CC(Cl)(C(=O)OC(c3ccccc3)c3ccccc3)CS[C@H]12. The summed E-state index contributed by atoms with van der Waals surface area (Å²) in [6, 6.07) is 19.0. The minimum Gasteiger partial charge on any atom is -0.451 e. The van der Waals surface area contributed by atoms with Crippen LogP contribution in [0, 0.1) is 5.92 Å². The Morgan fingerprint density at radius 1 is 1.17 bits per heavy atom. The number of hydrogen-bond donors (Lipinski definition) is 1. The van der Waals surface area contributed by atoms with E-state index in [4.69, 9.17) is 16.3 Å². The van der Waals surface area contributed by atoms with Crippen molar-refractivity contribution in [2.45, 2.75) is 29.4 Å². The summed E-state index contributed by atoms with van der Waals surface area (Å²) in [5.74, 6) is -0.825. The number of aliphatic hydroxyl groups excluding tert-OH is 1. The van der Waals surface area contributed by atoms with Gasteiger partial charge in [0.25, 0.3) is 0 Å². The molecule has 0 bridgehead atoms. The van der Waals surface area contributed by atoms with Gasteiger partial charge in [0, 0.05) is 5.75 Å². The highest BCUT2D eigenvalue weighted by Gasteiger charge is 2.58. The second kappa shape index (κ2) is 8.01. The van der Waals surface area contributed by atoms with Gasteiger partial charge in [-0.15, -0.1) is 23.4 Å². The maximum atomic E-state index is 13.1. The standard InChI is InChI=1S/C22H22ClNO4S/c1-14(25)17-19(26)24-12-22(23,13-29-20(17)24)21(27)28-18(15-8-4-2-5-9-15)16-10-6-3-7-11-16/h2-11,14,17-18,20,25H,12-13H2,1H3/t14?,17?,20-,22?/m1/s1. The number of amides is 1. The number of β-lactam (4-membered cyclic amide) rings is 1. The molecule has 0 aromatic heterocycles.